The van der Waals surface area contributed by atoms with Crippen molar-refractivity contribution in [3.8, 4) is 5.75 Å². The number of carbonyl (C=O) groups excluding carboxylic acids is 1. The van der Waals surface area contributed by atoms with Crippen molar-refractivity contribution in [2.24, 2.45) is 0 Å². The largest absolute Gasteiger partial charge is 0.507 e. The molecule has 0 bridgehead atoms. The molecule has 0 heterocycles. The maximum atomic E-state index is 10.6. The van der Waals surface area contributed by atoms with Crippen molar-refractivity contribution in [3.05, 3.63) is 29.3 Å². The van der Waals surface area contributed by atoms with E-state index < -0.39 is 12.2 Å². The first-order valence-corrected chi connectivity index (χ1v) is 4.85. The average Bonchev–Trinajstić information content (AvgIpc) is 2.29. The summed E-state index contributed by atoms with van der Waals surface area (Å²) in [5.41, 5.74) is 0.123. The maximum Gasteiger partial charge on any atom is 0.153 e. The van der Waals surface area contributed by atoms with Gasteiger partial charge in [-0.1, -0.05) is 12.1 Å². The zero-order valence-corrected chi connectivity index (χ0v) is 8.58. The van der Waals surface area contributed by atoms with Crippen LogP contribution in [0.2, 0.25) is 0 Å². The van der Waals surface area contributed by atoms with E-state index in [2.05, 4.69) is 0 Å². The van der Waals surface area contributed by atoms with Gasteiger partial charge in [-0.05, 0) is 12.5 Å². The molecule has 1 rings (SSSR count). The molecule has 5 heteroatoms. The van der Waals surface area contributed by atoms with Crippen molar-refractivity contribution < 1.29 is 25.2 Å². The molecule has 0 spiro atoms. The molecule has 0 saturated carbocycles. The second-order valence-electron chi connectivity index (χ2n) is 3.43. The minimum absolute atomic E-state index is 0.00801. The van der Waals surface area contributed by atoms with E-state index in [0.29, 0.717) is 6.29 Å². The first kappa shape index (κ1) is 12.6. The van der Waals surface area contributed by atoms with Crippen LogP contribution in [0.1, 0.15) is 28.4 Å². The monoisotopic (exact) mass is 226 g/mol. The highest BCUT2D eigenvalue weighted by Crippen LogP contribution is 2.29. The highest BCUT2D eigenvalue weighted by Gasteiger charge is 2.21. The summed E-state index contributed by atoms with van der Waals surface area (Å²) in [5.74, 6) is -0.345. The fraction of sp³-hybridized carbons (Fsp3) is 0.364. The van der Waals surface area contributed by atoms with E-state index >= 15 is 0 Å². The lowest BCUT2D eigenvalue weighted by atomic mass is 9.99. The number of hydrogen-bond donors (Lipinski definition) is 4. The van der Waals surface area contributed by atoms with Crippen molar-refractivity contribution >= 4 is 6.29 Å². The topological polar surface area (TPSA) is 98.0 Å². The second-order valence-corrected chi connectivity index (χ2v) is 3.43. The SMILES string of the molecule is O=Cc1cccc(C(O)C(O)CCO)c1O. The van der Waals surface area contributed by atoms with E-state index in [1.54, 1.807) is 0 Å². The molecule has 0 aromatic heterocycles. The Morgan fingerprint density at radius 3 is 2.56 bits per heavy atom. The molecule has 0 radical (unpaired) electrons. The van der Waals surface area contributed by atoms with Gasteiger partial charge < -0.3 is 20.4 Å². The number of phenols is 1. The molecule has 16 heavy (non-hydrogen) atoms. The number of aliphatic hydroxyl groups is 3. The summed E-state index contributed by atoms with van der Waals surface area (Å²) >= 11 is 0. The van der Waals surface area contributed by atoms with Crippen LogP contribution in [0.25, 0.3) is 0 Å². The van der Waals surface area contributed by atoms with Gasteiger partial charge in [-0.15, -0.1) is 0 Å². The van der Waals surface area contributed by atoms with Crippen LogP contribution in [0, 0.1) is 0 Å². The molecule has 4 N–H and O–H groups in total. The Labute approximate surface area is 92.6 Å². The Hall–Kier alpha value is -1.43. The summed E-state index contributed by atoms with van der Waals surface area (Å²) < 4.78 is 0. The third-order valence-corrected chi connectivity index (χ3v) is 2.33. The van der Waals surface area contributed by atoms with Crippen molar-refractivity contribution in [2.75, 3.05) is 6.61 Å². The van der Waals surface area contributed by atoms with Gasteiger partial charge >= 0.3 is 0 Å². The molecule has 2 unspecified atom stereocenters. The number of aliphatic hydroxyl groups excluding tert-OH is 3. The van der Waals surface area contributed by atoms with Gasteiger partial charge in [-0.25, -0.2) is 0 Å². The third-order valence-electron chi connectivity index (χ3n) is 2.33. The number of aromatic hydroxyl groups is 1. The van der Waals surface area contributed by atoms with Gasteiger partial charge in [0.05, 0.1) is 11.7 Å². The lowest BCUT2D eigenvalue weighted by Crippen LogP contribution is -2.19. The summed E-state index contributed by atoms with van der Waals surface area (Å²) in [4.78, 5) is 10.6. The van der Waals surface area contributed by atoms with Gasteiger partial charge in [0, 0.05) is 12.2 Å². The third kappa shape index (κ3) is 2.57. The average molecular weight is 226 g/mol. The van der Waals surface area contributed by atoms with E-state index in [4.69, 9.17) is 5.11 Å². The van der Waals surface area contributed by atoms with Crippen LogP contribution in [-0.2, 0) is 0 Å². The number of carbonyl (C=O) groups is 1. The highest BCUT2D eigenvalue weighted by atomic mass is 16.3. The van der Waals surface area contributed by atoms with Crippen LogP contribution in [0.4, 0.5) is 0 Å². The Balaban J connectivity index is 2.99. The summed E-state index contributed by atoms with van der Waals surface area (Å²) in [5, 5.41) is 37.4. The van der Waals surface area contributed by atoms with Crippen molar-refractivity contribution in [1.29, 1.82) is 0 Å². The Kier molecular flexibility index (Phi) is 4.42. The first-order valence-electron chi connectivity index (χ1n) is 4.85. The first-order chi connectivity index (χ1) is 7.61. The number of benzene rings is 1. The molecular weight excluding hydrogens is 212 g/mol. The van der Waals surface area contributed by atoms with Crippen LogP contribution in [-0.4, -0.2) is 39.4 Å². The number of rotatable bonds is 5. The van der Waals surface area contributed by atoms with Crippen LogP contribution in [0.15, 0.2) is 18.2 Å². The maximum absolute atomic E-state index is 10.6. The van der Waals surface area contributed by atoms with Crippen LogP contribution >= 0.6 is 0 Å². The summed E-state index contributed by atoms with van der Waals surface area (Å²) in [6, 6.07) is 4.30. The number of hydrogen-bond acceptors (Lipinski definition) is 5. The minimum atomic E-state index is -1.33. The lowest BCUT2D eigenvalue weighted by molar-refractivity contribution is 0.00301. The smallest absolute Gasteiger partial charge is 0.153 e. The Morgan fingerprint density at radius 1 is 1.31 bits per heavy atom. The molecule has 1 aromatic carbocycles. The van der Waals surface area contributed by atoms with Gasteiger partial charge in [0.25, 0.3) is 0 Å². The van der Waals surface area contributed by atoms with Crippen LogP contribution in [0.5, 0.6) is 5.75 Å². The van der Waals surface area contributed by atoms with E-state index in [1.807, 2.05) is 0 Å². The Morgan fingerprint density at radius 2 is 2.00 bits per heavy atom. The minimum Gasteiger partial charge on any atom is -0.507 e. The summed E-state index contributed by atoms with van der Waals surface area (Å²) in [6.45, 7) is -0.271. The molecule has 0 aliphatic heterocycles. The molecule has 0 aliphatic carbocycles. The number of para-hydroxylation sites is 1. The molecule has 2 atom stereocenters. The fourth-order valence-corrected chi connectivity index (χ4v) is 1.41. The Bertz CT molecular complexity index is 363. The summed E-state index contributed by atoms with van der Waals surface area (Å²) in [6.07, 6.45) is -2.06. The molecule has 88 valence electrons. The van der Waals surface area contributed by atoms with Crippen molar-refractivity contribution in [3.63, 3.8) is 0 Å². The van der Waals surface area contributed by atoms with Gasteiger partial charge in [0.2, 0.25) is 0 Å². The zero-order valence-electron chi connectivity index (χ0n) is 8.58. The predicted octanol–water partition coefficient (Wildman–Crippen LogP) is -0.0186. The normalized spacial score (nSPS) is 14.4. The van der Waals surface area contributed by atoms with Crippen molar-refractivity contribution in [2.45, 2.75) is 18.6 Å². The van der Waals surface area contributed by atoms with E-state index in [0.717, 1.165) is 0 Å². The van der Waals surface area contributed by atoms with Crippen molar-refractivity contribution in [1.82, 2.24) is 0 Å². The molecule has 0 aliphatic rings. The van der Waals surface area contributed by atoms with E-state index in [-0.39, 0.29) is 29.9 Å². The molecular formula is C11H14O5. The molecule has 1 aromatic rings. The standard InChI is InChI=1S/C11H14O5/c12-5-4-9(14)11(16)8-3-1-2-7(6-13)10(8)15/h1-3,6,9,11-12,14-16H,4-5H2. The molecule has 0 saturated heterocycles. The van der Waals surface area contributed by atoms with E-state index in [9.17, 15) is 20.1 Å². The quantitative estimate of drug-likeness (QED) is 0.529. The van der Waals surface area contributed by atoms with Gasteiger partial charge in [-0.2, -0.15) is 0 Å². The van der Waals surface area contributed by atoms with Gasteiger partial charge in [0.15, 0.2) is 6.29 Å². The number of phenolic OH excluding ortho intramolecular Hbond substituents is 1. The van der Waals surface area contributed by atoms with Gasteiger partial charge in [0.1, 0.15) is 11.9 Å². The lowest BCUT2D eigenvalue weighted by Gasteiger charge is -2.18. The molecule has 0 fully saturated rings. The van der Waals surface area contributed by atoms with Gasteiger partial charge in [-0.3, -0.25) is 4.79 Å². The number of aldehydes is 1. The van der Waals surface area contributed by atoms with Crippen LogP contribution < -0.4 is 0 Å². The second kappa shape index (κ2) is 5.60. The highest BCUT2D eigenvalue weighted by molar-refractivity contribution is 5.80. The zero-order chi connectivity index (χ0) is 12.1. The van der Waals surface area contributed by atoms with Crippen LogP contribution in [0.3, 0.4) is 0 Å². The predicted molar refractivity (Wildman–Crippen MR) is 56.2 cm³/mol. The molecule has 0 amide bonds. The fourth-order valence-electron chi connectivity index (χ4n) is 1.41. The summed E-state index contributed by atoms with van der Waals surface area (Å²) in [7, 11) is 0. The van der Waals surface area contributed by atoms with E-state index in [1.165, 1.54) is 18.2 Å². The molecule has 5 nitrogen and oxygen atoms in total.